The first kappa shape index (κ1) is 31.1. The van der Waals surface area contributed by atoms with Crippen molar-refractivity contribution in [2.24, 2.45) is 0 Å². The van der Waals surface area contributed by atoms with E-state index >= 15 is 0 Å². The third-order valence-electron chi connectivity index (χ3n) is 8.70. The highest BCUT2D eigenvalue weighted by Gasteiger charge is 2.35. The highest BCUT2D eigenvalue weighted by Crippen LogP contribution is 2.40. The second-order valence-electron chi connectivity index (χ2n) is 11.5. The predicted octanol–water partition coefficient (Wildman–Crippen LogP) is 5.24. The van der Waals surface area contributed by atoms with Gasteiger partial charge in [-0.05, 0) is 54.8 Å². The molecule has 6 rings (SSSR count). The van der Waals surface area contributed by atoms with Crippen molar-refractivity contribution in [2.75, 3.05) is 65.7 Å². The van der Waals surface area contributed by atoms with Gasteiger partial charge < -0.3 is 28.8 Å². The summed E-state index contributed by atoms with van der Waals surface area (Å²) in [4.78, 5) is 35.1. The summed E-state index contributed by atoms with van der Waals surface area (Å²) >= 11 is 6.33. The molecule has 0 spiro atoms. The highest BCUT2D eigenvalue weighted by atomic mass is 35.5. The molecule has 0 aliphatic carbocycles. The Hall–Kier alpha value is -3.91. The molecule has 238 valence electrons. The number of rotatable bonds is 7. The van der Waals surface area contributed by atoms with Crippen LogP contribution in [0, 0.1) is 11.8 Å². The van der Waals surface area contributed by atoms with Crippen molar-refractivity contribution in [3.05, 3.63) is 64.3 Å². The Morgan fingerprint density at radius 2 is 1.78 bits per heavy atom. The third kappa shape index (κ3) is 7.33. The summed E-state index contributed by atoms with van der Waals surface area (Å²) in [6.07, 6.45) is 1.47. The summed E-state index contributed by atoms with van der Waals surface area (Å²) in [5, 5.41) is 1.74. The van der Waals surface area contributed by atoms with Crippen LogP contribution in [0.5, 0.6) is 5.75 Å². The molecule has 4 heterocycles. The maximum Gasteiger partial charge on any atom is 0.411 e. The number of carbonyl (C=O) groups is 2. The van der Waals surface area contributed by atoms with Gasteiger partial charge in [-0.2, -0.15) is 0 Å². The van der Waals surface area contributed by atoms with Crippen molar-refractivity contribution < 1.29 is 28.5 Å². The molecular formula is C34H39ClN4O6. The Bertz CT molecular complexity index is 1550. The number of ether oxygens (including phenoxy) is 4. The number of benzene rings is 2. The summed E-state index contributed by atoms with van der Waals surface area (Å²) < 4.78 is 22.7. The number of carbonyl (C=O) groups excluding carboxylic acids is 2. The van der Waals surface area contributed by atoms with E-state index in [4.69, 9.17) is 30.5 Å². The van der Waals surface area contributed by atoms with Gasteiger partial charge in [0.2, 0.25) is 0 Å². The largest absolute Gasteiger partial charge is 0.490 e. The van der Waals surface area contributed by atoms with Crippen molar-refractivity contribution in [1.29, 1.82) is 0 Å². The van der Waals surface area contributed by atoms with E-state index in [1.54, 1.807) is 16.7 Å². The fourth-order valence-electron chi connectivity index (χ4n) is 6.31. The lowest BCUT2D eigenvalue weighted by Crippen LogP contribution is -2.43. The van der Waals surface area contributed by atoms with Crippen molar-refractivity contribution in [1.82, 2.24) is 19.7 Å². The molecule has 3 aliphatic rings. The number of likely N-dealkylation sites (tertiary alicyclic amines) is 1. The molecule has 2 saturated heterocycles. The van der Waals surface area contributed by atoms with Crippen LogP contribution in [0.3, 0.4) is 0 Å². The van der Waals surface area contributed by atoms with Gasteiger partial charge in [0, 0.05) is 73.7 Å². The van der Waals surface area contributed by atoms with Gasteiger partial charge in [-0.25, -0.2) is 9.59 Å². The molecule has 3 aromatic rings. The van der Waals surface area contributed by atoms with Gasteiger partial charge >= 0.3 is 12.2 Å². The molecule has 1 aromatic heterocycles. The van der Waals surface area contributed by atoms with Crippen molar-refractivity contribution >= 4 is 34.7 Å². The smallest absolute Gasteiger partial charge is 0.411 e. The first-order chi connectivity index (χ1) is 22.0. The summed E-state index contributed by atoms with van der Waals surface area (Å²) in [5.41, 5.74) is 4.03. The number of halogens is 1. The number of hydrogen-bond donors (Lipinski definition) is 1. The second kappa shape index (κ2) is 14.5. The summed E-state index contributed by atoms with van der Waals surface area (Å²) in [6.45, 7) is 7.78. The van der Waals surface area contributed by atoms with Gasteiger partial charge in [-0.3, -0.25) is 9.80 Å². The van der Waals surface area contributed by atoms with E-state index in [1.807, 2.05) is 42.5 Å². The fourth-order valence-corrected chi connectivity index (χ4v) is 6.48. The summed E-state index contributed by atoms with van der Waals surface area (Å²) in [6, 6.07) is 13.3. The van der Waals surface area contributed by atoms with Gasteiger partial charge in [-0.1, -0.05) is 29.7 Å². The van der Waals surface area contributed by atoms with Crippen LogP contribution in [0.4, 0.5) is 9.59 Å². The van der Waals surface area contributed by atoms with Crippen LogP contribution in [0.25, 0.3) is 10.9 Å². The zero-order valence-corrected chi connectivity index (χ0v) is 26.3. The van der Waals surface area contributed by atoms with E-state index in [9.17, 15) is 9.59 Å². The second-order valence-corrected chi connectivity index (χ2v) is 11.9. The molecule has 2 amide bonds. The Labute approximate surface area is 268 Å². The monoisotopic (exact) mass is 634 g/mol. The molecule has 10 nitrogen and oxygen atoms in total. The lowest BCUT2D eigenvalue weighted by molar-refractivity contribution is 0.0220. The van der Waals surface area contributed by atoms with Gasteiger partial charge in [0.05, 0.1) is 13.2 Å². The van der Waals surface area contributed by atoms with Crippen LogP contribution in [0.15, 0.2) is 42.5 Å². The Kier molecular flexibility index (Phi) is 9.99. The first-order valence-corrected chi connectivity index (χ1v) is 16.0. The van der Waals surface area contributed by atoms with Crippen LogP contribution in [-0.2, 0) is 20.6 Å². The number of aromatic amines is 1. The maximum atomic E-state index is 13.2. The maximum absolute atomic E-state index is 13.2. The van der Waals surface area contributed by atoms with E-state index < -0.39 is 6.09 Å². The lowest BCUT2D eigenvalue weighted by Gasteiger charge is -2.35. The molecule has 45 heavy (non-hydrogen) atoms. The third-order valence-corrected chi connectivity index (χ3v) is 8.94. The minimum absolute atomic E-state index is 0.000797. The average molecular weight is 635 g/mol. The number of morpholine rings is 1. The number of piperidine rings is 1. The molecule has 0 bridgehead atoms. The zero-order valence-electron chi connectivity index (χ0n) is 25.6. The molecule has 11 heteroatoms. The van der Waals surface area contributed by atoms with Crippen molar-refractivity contribution in [3.8, 4) is 17.6 Å². The van der Waals surface area contributed by atoms with Crippen molar-refractivity contribution in [3.63, 3.8) is 0 Å². The number of aromatic nitrogens is 1. The SMILES string of the molecule is CC#CCOC(=O)N1CCc2c([nH]c3ccc(Cl)cc23)[C@@H]1c1ccc(OC2CCN(C(=O)OCCN3CCOCC3)CC2)cc1. The number of amides is 2. The Balaban J connectivity index is 1.09. The Morgan fingerprint density at radius 1 is 1.00 bits per heavy atom. The van der Waals surface area contributed by atoms with Gasteiger partial charge in [0.1, 0.15) is 24.5 Å². The zero-order chi connectivity index (χ0) is 31.2. The normalized spacial score (nSPS) is 19.0. The molecule has 0 saturated carbocycles. The molecular weight excluding hydrogens is 596 g/mol. The van der Waals surface area contributed by atoms with E-state index in [2.05, 4.69) is 21.7 Å². The fraction of sp³-hybridized carbons (Fsp3) is 0.471. The van der Waals surface area contributed by atoms with E-state index in [0.717, 1.165) is 79.2 Å². The van der Waals surface area contributed by atoms with Gasteiger partial charge in [-0.15, -0.1) is 5.92 Å². The molecule has 1 N–H and O–H groups in total. The van der Waals surface area contributed by atoms with Gasteiger partial charge in [0.25, 0.3) is 0 Å². The van der Waals surface area contributed by atoms with E-state index in [-0.39, 0.29) is 24.8 Å². The number of fused-ring (bicyclic) bond motifs is 3. The van der Waals surface area contributed by atoms with E-state index in [0.29, 0.717) is 37.7 Å². The molecule has 0 unspecified atom stereocenters. The number of nitrogens with zero attached hydrogens (tertiary/aromatic N) is 3. The standard InChI is InChI=1S/C34H39ClN4O6/c1-2-3-19-43-34(41)39-15-12-28-29-23-25(35)6-9-30(29)36-31(28)32(39)24-4-7-26(8-5-24)45-27-10-13-38(14-11-27)33(40)44-22-18-37-16-20-42-21-17-37/h4-9,23,27,32,36H,10-22H2,1H3/t32-/m0/s1. The topological polar surface area (TPSA) is 96.6 Å². The average Bonchev–Trinajstić information content (AvgIpc) is 3.43. The minimum atomic E-state index is -0.406. The van der Waals surface area contributed by atoms with Crippen LogP contribution >= 0.6 is 11.6 Å². The molecule has 2 aromatic carbocycles. The number of H-pyrrole nitrogens is 1. The number of hydrogen-bond acceptors (Lipinski definition) is 7. The van der Waals surface area contributed by atoms with Crippen LogP contribution in [0.1, 0.15) is 42.6 Å². The highest BCUT2D eigenvalue weighted by molar-refractivity contribution is 6.31. The Morgan fingerprint density at radius 3 is 2.53 bits per heavy atom. The van der Waals surface area contributed by atoms with E-state index in [1.165, 1.54) is 0 Å². The summed E-state index contributed by atoms with van der Waals surface area (Å²) in [5.74, 6) is 6.32. The molecule has 2 fully saturated rings. The first-order valence-electron chi connectivity index (χ1n) is 15.6. The van der Waals surface area contributed by atoms with Crippen LogP contribution in [0.2, 0.25) is 5.02 Å². The van der Waals surface area contributed by atoms with Crippen LogP contribution in [-0.4, -0.2) is 104 Å². The molecule has 0 radical (unpaired) electrons. The van der Waals surface area contributed by atoms with Crippen LogP contribution < -0.4 is 4.74 Å². The molecule has 3 aliphatic heterocycles. The predicted molar refractivity (Wildman–Crippen MR) is 171 cm³/mol. The quantitative estimate of drug-likeness (QED) is 0.355. The number of nitrogens with one attached hydrogen (secondary N) is 1. The van der Waals surface area contributed by atoms with Gasteiger partial charge in [0.15, 0.2) is 6.61 Å². The van der Waals surface area contributed by atoms with Crippen molar-refractivity contribution in [2.45, 2.75) is 38.3 Å². The minimum Gasteiger partial charge on any atom is -0.490 e. The lowest BCUT2D eigenvalue weighted by atomic mass is 9.92. The summed E-state index contributed by atoms with van der Waals surface area (Å²) in [7, 11) is 0. The molecule has 1 atom stereocenters.